The van der Waals surface area contributed by atoms with E-state index >= 15 is 0 Å². The first kappa shape index (κ1) is 20.1. The molecule has 2 aromatic carbocycles. The molecule has 1 fully saturated rings. The lowest BCUT2D eigenvalue weighted by Gasteiger charge is -2.21. The molecule has 0 unspecified atom stereocenters. The van der Waals surface area contributed by atoms with Crippen molar-refractivity contribution >= 4 is 5.91 Å². The van der Waals surface area contributed by atoms with Crippen LogP contribution in [0.4, 0.5) is 0 Å². The van der Waals surface area contributed by atoms with Crippen molar-refractivity contribution in [2.75, 3.05) is 33.2 Å². The molecule has 1 aliphatic rings. The second-order valence-electron chi connectivity index (χ2n) is 7.61. The quantitative estimate of drug-likeness (QED) is 0.647. The average molecular weight is 406 g/mol. The zero-order valence-corrected chi connectivity index (χ0v) is 17.4. The van der Waals surface area contributed by atoms with E-state index in [0.717, 1.165) is 31.6 Å². The topological polar surface area (TPSA) is 71.7 Å². The number of carbonyl (C=O) groups is 1. The number of aryl methyl sites for hydroxylation is 1. The van der Waals surface area contributed by atoms with Crippen LogP contribution in [0.25, 0.3) is 11.4 Å². The number of nitrogens with zero attached hydrogens (tertiary/aromatic N) is 4. The summed E-state index contributed by atoms with van der Waals surface area (Å²) >= 11 is 0. The van der Waals surface area contributed by atoms with Crippen molar-refractivity contribution in [3.8, 4) is 17.1 Å². The minimum absolute atomic E-state index is 0.00762. The fourth-order valence-electron chi connectivity index (χ4n) is 3.46. The molecule has 0 N–H and O–H groups in total. The summed E-state index contributed by atoms with van der Waals surface area (Å²) in [7, 11) is 2.08. The summed E-state index contributed by atoms with van der Waals surface area (Å²) in [6.07, 6.45) is 0.967. The summed E-state index contributed by atoms with van der Waals surface area (Å²) in [6.45, 7) is 5.48. The van der Waals surface area contributed by atoms with E-state index < -0.39 is 0 Å². The van der Waals surface area contributed by atoms with Crippen LogP contribution in [0.3, 0.4) is 0 Å². The number of hydrogen-bond acceptors (Lipinski definition) is 6. The third kappa shape index (κ3) is 4.68. The summed E-state index contributed by atoms with van der Waals surface area (Å²) in [5.74, 6) is 1.40. The third-order valence-electron chi connectivity index (χ3n) is 5.25. The number of para-hydroxylation sites is 1. The first-order valence-corrected chi connectivity index (χ1v) is 10.2. The molecular weight excluding hydrogens is 380 g/mol. The van der Waals surface area contributed by atoms with E-state index in [1.165, 1.54) is 5.56 Å². The van der Waals surface area contributed by atoms with Crippen molar-refractivity contribution in [1.82, 2.24) is 19.9 Å². The molecule has 1 amide bonds. The highest BCUT2D eigenvalue weighted by Crippen LogP contribution is 2.22. The van der Waals surface area contributed by atoms with Gasteiger partial charge in [0, 0.05) is 25.2 Å². The van der Waals surface area contributed by atoms with Gasteiger partial charge in [0.05, 0.1) is 5.56 Å². The van der Waals surface area contributed by atoms with Crippen LogP contribution in [0.1, 0.15) is 28.2 Å². The first-order chi connectivity index (χ1) is 14.6. The van der Waals surface area contributed by atoms with E-state index in [1.54, 1.807) is 12.1 Å². The Morgan fingerprint density at radius 2 is 1.87 bits per heavy atom. The standard InChI is InChI=1S/C23H26N4O3/c1-17-8-10-18(11-9-17)22-24-21(30-25-22)16-29-20-7-4-3-6-19(20)23(28)27-13-5-12-26(2)14-15-27/h3-4,6-11H,5,12-16H2,1-2H3. The predicted molar refractivity (Wildman–Crippen MR) is 113 cm³/mol. The Balaban J connectivity index is 1.44. The predicted octanol–water partition coefficient (Wildman–Crippen LogP) is 3.40. The highest BCUT2D eigenvalue weighted by atomic mass is 16.5. The molecule has 30 heavy (non-hydrogen) atoms. The lowest BCUT2D eigenvalue weighted by Crippen LogP contribution is -2.34. The van der Waals surface area contributed by atoms with Gasteiger partial charge in [0.1, 0.15) is 5.75 Å². The zero-order chi connectivity index (χ0) is 20.9. The number of amides is 1. The van der Waals surface area contributed by atoms with Crippen LogP contribution in [0.15, 0.2) is 53.1 Å². The van der Waals surface area contributed by atoms with Crippen LogP contribution in [-0.2, 0) is 6.61 Å². The molecule has 1 aliphatic heterocycles. The number of hydrogen-bond donors (Lipinski definition) is 0. The van der Waals surface area contributed by atoms with Gasteiger partial charge in [-0.15, -0.1) is 0 Å². The molecule has 7 heteroatoms. The smallest absolute Gasteiger partial charge is 0.264 e. The van der Waals surface area contributed by atoms with Crippen molar-refractivity contribution in [2.24, 2.45) is 0 Å². The molecule has 0 aliphatic carbocycles. The lowest BCUT2D eigenvalue weighted by atomic mass is 10.1. The van der Waals surface area contributed by atoms with Gasteiger partial charge in [0.25, 0.3) is 11.8 Å². The molecule has 3 aromatic rings. The van der Waals surface area contributed by atoms with Gasteiger partial charge in [-0.2, -0.15) is 4.98 Å². The van der Waals surface area contributed by atoms with Crippen LogP contribution < -0.4 is 4.74 Å². The Kier molecular flexibility index (Phi) is 6.09. The van der Waals surface area contributed by atoms with Gasteiger partial charge < -0.3 is 19.1 Å². The normalized spacial score (nSPS) is 15.1. The van der Waals surface area contributed by atoms with E-state index in [0.29, 0.717) is 29.6 Å². The summed E-state index contributed by atoms with van der Waals surface area (Å²) in [5.41, 5.74) is 2.61. The number of aromatic nitrogens is 2. The zero-order valence-electron chi connectivity index (χ0n) is 17.4. The molecule has 4 rings (SSSR count). The Bertz CT molecular complexity index is 1000. The van der Waals surface area contributed by atoms with E-state index in [9.17, 15) is 4.79 Å². The Labute approximate surface area is 176 Å². The summed E-state index contributed by atoms with van der Waals surface area (Å²) < 4.78 is 11.2. The summed E-state index contributed by atoms with van der Waals surface area (Å²) in [6, 6.07) is 15.2. The fourth-order valence-corrected chi connectivity index (χ4v) is 3.46. The largest absolute Gasteiger partial charge is 0.483 e. The van der Waals surface area contributed by atoms with Gasteiger partial charge in [-0.25, -0.2) is 0 Å². The Morgan fingerprint density at radius 1 is 1.07 bits per heavy atom. The monoisotopic (exact) mass is 406 g/mol. The van der Waals surface area contributed by atoms with Gasteiger partial charge in [0.15, 0.2) is 6.61 Å². The third-order valence-corrected chi connectivity index (χ3v) is 5.25. The van der Waals surface area contributed by atoms with Crippen LogP contribution in [0.2, 0.25) is 0 Å². The van der Waals surface area contributed by atoms with Crippen LogP contribution in [-0.4, -0.2) is 59.1 Å². The number of likely N-dealkylation sites (N-methyl/N-ethyl adjacent to an activating group) is 1. The van der Waals surface area contributed by atoms with Crippen molar-refractivity contribution < 1.29 is 14.1 Å². The van der Waals surface area contributed by atoms with Gasteiger partial charge in [-0.1, -0.05) is 47.1 Å². The summed E-state index contributed by atoms with van der Waals surface area (Å²) in [4.78, 5) is 21.6. The van der Waals surface area contributed by atoms with Gasteiger partial charge >= 0.3 is 0 Å². The van der Waals surface area contributed by atoms with Crippen molar-refractivity contribution in [2.45, 2.75) is 20.0 Å². The Hall–Kier alpha value is -3.19. The molecule has 0 saturated carbocycles. The van der Waals surface area contributed by atoms with E-state index in [1.807, 2.05) is 48.2 Å². The molecular formula is C23H26N4O3. The van der Waals surface area contributed by atoms with Gasteiger partial charge in [0.2, 0.25) is 5.82 Å². The molecule has 2 heterocycles. The molecule has 156 valence electrons. The highest BCUT2D eigenvalue weighted by molar-refractivity contribution is 5.97. The van der Waals surface area contributed by atoms with E-state index in [2.05, 4.69) is 22.1 Å². The molecule has 0 atom stereocenters. The summed E-state index contributed by atoms with van der Waals surface area (Å²) in [5, 5.41) is 4.03. The highest BCUT2D eigenvalue weighted by Gasteiger charge is 2.22. The maximum absolute atomic E-state index is 13.1. The van der Waals surface area contributed by atoms with Crippen LogP contribution in [0.5, 0.6) is 5.75 Å². The molecule has 1 aromatic heterocycles. The lowest BCUT2D eigenvalue weighted by molar-refractivity contribution is 0.0757. The second kappa shape index (κ2) is 9.09. The molecule has 1 saturated heterocycles. The number of benzene rings is 2. The van der Waals surface area contributed by atoms with E-state index in [4.69, 9.17) is 9.26 Å². The maximum atomic E-state index is 13.1. The number of carbonyl (C=O) groups excluding carboxylic acids is 1. The van der Waals surface area contributed by atoms with Crippen molar-refractivity contribution in [3.05, 3.63) is 65.5 Å². The average Bonchev–Trinajstić information content (AvgIpc) is 3.13. The van der Waals surface area contributed by atoms with Crippen molar-refractivity contribution in [3.63, 3.8) is 0 Å². The molecule has 0 bridgehead atoms. The minimum atomic E-state index is -0.00762. The van der Waals surface area contributed by atoms with Gasteiger partial charge in [-0.3, -0.25) is 4.79 Å². The minimum Gasteiger partial charge on any atom is -0.483 e. The van der Waals surface area contributed by atoms with E-state index in [-0.39, 0.29) is 12.5 Å². The SMILES string of the molecule is Cc1ccc(-c2noc(COc3ccccc3C(=O)N3CCCN(C)CC3)n2)cc1. The number of rotatable bonds is 5. The Morgan fingerprint density at radius 3 is 2.70 bits per heavy atom. The van der Waals surface area contributed by atoms with Gasteiger partial charge in [-0.05, 0) is 39.1 Å². The fraction of sp³-hybridized carbons (Fsp3) is 0.348. The number of ether oxygens (including phenoxy) is 1. The van der Waals surface area contributed by atoms with Crippen LogP contribution in [0, 0.1) is 6.92 Å². The molecule has 0 radical (unpaired) electrons. The first-order valence-electron chi connectivity index (χ1n) is 10.2. The molecule has 0 spiro atoms. The van der Waals surface area contributed by atoms with Crippen LogP contribution >= 0.6 is 0 Å². The van der Waals surface area contributed by atoms with Crippen molar-refractivity contribution in [1.29, 1.82) is 0 Å². The molecule has 7 nitrogen and oxygen atoms in total. The second-order valence-corrected chi connectivity index (χ2v) is 7.61. The maximum Gasteiger partial charge on any atom is 0.264 e.